The lowest BCUT2D eigenvalue weighted by molar-refractivity contribution is -0.145. The number of rotatable bonds is 4. The van der Waals surface area contributed by atoms with E-state index in [1.165, 1.54) is 0 Å². The Hall–Kier alpha value is -0.610. The summed E-state index contributed by atoms with van der Waals surface area (Å²) in [5.41, 5.74) is 6.05. The van der Waals surface area contributed by atoms with Crippen molar-refractivity contribution in [3.63, 3.8) is 0 Å². The van der Waals surface area contributed by atoms with E-state index in [9.17, 15) is 4.79 Å². The second-order valence-corrected chi connectivity index (χ2v) is 3.31. The Balaban J connectivity index is 2.27. The zero-order chi connectivity index (χ0) is 9.68. The molecular weight excluding hydrogens is 168 g/mol. The fraction of sp³-hybridized carbons (Fsp3) is 0.889. The number of hydrogen-bond acceptors (Lipinski definition) is 4. The van der Waals surface area contributed by atoms with Crippen LogP contribution in [0.15, 0.2) is 0 Å². The number of carbonyl (C=O) groups excluding carboxylic acids is 1. The minimum Gasteiger partial charge on any atom is -0.465 e. The van der Waals surface area contributed by atoms with E-state index in [1.807, 2.05) is 6.92 Å². The van der Waals surface area contributed by atoms with Crippen molar-refractivity contribution in [3.05, 3.63) is 0 Å². The maximum absolute atomic E-state index is 11.3. The highest BCUT2D eigenvalue weighted by molar-refractivity contribution is 5.76. The molecule has 1 aliphatic heterocycles. The van der Waals surface area contributed by atoms with Gasteiger partial charge in [-0.3, -0.25) is 10.2 Å². The van der Waals surface area contributed by atoms with Crippen molar-refractivity contribution in [2.45, 2.75) is 45.2 Å². The number of ether oxygens (including phenoxy) is 1. The van der Waals surface area contributed by atoms with E-state index in [4.69, 9.17) is 4.74 Å². The van der Waals surface area contributed by atoms with Crippen molar-refractivity contribution in [1.82, 2.24) is 10.9 Å². The summed E-state index contributed by atoms with van der Waals surface area (Å²) in [4.78, 5) is 11.3. The molecular formula is C9H18N2O2. The lowest BCUT2D eigenvalue weighted by Crippen LogP contribution is -2.38. The smallest absolute Gasteiger partial charge is 0.324 e. The van der Waals surface area contributed by atoms with Crippen molar-refractivity contribution in [2.75, 3.05) is 6.61 Å². The molecule has 0 saturated carbocycles. The van der Waals surface area contributed by atoms with E-state index in [-0.39, 0.29) is 12.0 Å². The molecule has 1 heterocycles. The third kappa shape index (κ3) is 2.97. The number of carbonyl (C=O) groups is 1. The topological polar surface area (TPSA) is 50.4 Å². The molecule has 2 atom stereocenters. The van der Waals surface area contributed by atoms with Gasteiger partial charge in [-0.05, 0) is 19.8 Å². The number of hydrogen-bond donors (Lipinski definition) is 2. The maximum atomic E-state index is 11.3. The van der Waals surface area contributed by atoms with Gasteiger partial charge in [0.2, 0.25) is 0 Å². The van der Waals surface area contributed by atoms with Crippen LogP contribution in [0.5, 0.6) is 0 Å². The molecule has 0 spiro atoms. The molecule has 13 heavy (non-hydrogen) atoms. The second kappa shape index (κ2) is 5.19. The highest BCUT2D eigenvalue weighted by Crippen LogP contribution is 2.10. The molecule has 0 aromatic carbocycles. The first-order valence-corrected chi connectivity index (χ1v) is 4.95. The standard InChI is InChI=1S/C9H18N2O2/c1-3-5-7-6-8(11-10-7)9(12)13-4-2/h7-8,10-11H,3-6H2,1-2H3. The zero-order valence-corrected chi connectivity index (χ0v) is 8.30. The third-order valence-electron chi connectivity index (χ3n) is 2.19. The van der Waals surface area contributed by atoms with Crippen LogP contribution in [0.3, 0.4) is 0 Å². The average Bonchev–Trinajstić information content (AvgIpc) is 2.54. The maximum Gasteiger partial charge on any atom is 0.324 e. The molecule has 4 nitrogen and oxygen atoms in total. The Labute approximate surface area is 79.0 Å². The first-order chi connectivity index (χ1) is 6.27. The van der Waals surface area contributed by atoms with E-state index >= 15 is 0 Å². The van der Waals surface area contributed by atoms with Gasteiger partial charge in [0.25, 0.3) is 0 Å². The van der Waals surface area contributed by atoms with Crippen molar-refractivity contribution < 1.29 is 9.53 Å². The van der Waals surface area contributed by atoms with Gasteiger partial charge < -0.3 is 4.74 Å². The van der Waals surface area contributed by atoms with Crippen molar-refractivity contribution in [3.8, 4) is 0 Å². The Kier molecular flexibility index (Phi) is 4.18. The molecule has 0 aromatic heterocycles. The first-order valence-electron chi connectivity index (χ1n) is 4.95. The molecule has 2 unspecified atom stereocenters. The minimum atomic E-state index is -0.156. The Morgan fingerprint density at radius 1 is 1.46 bits per heavy atom. The van der Waals surface area contributed by atoms with E-state index < -0.39 is 0 Å². The Morgan fingerprint density at radius 3 is 2.85 bits per heavy atom. The van der Waals surface area contributed by atoms with E-state index in [2.05, 4.69) is 17.8 Å². The van der Waals surface area contributed by atoms with Crippen LogP contribution < -0.4 is 10.9 Å². The van der Waals surface area contributed by atoms with Crippen LogP contribution in [0, 0.1) is 0 Å². The van der Waals surface area contributed by atoms with Gasteiger partial charge in [0, 0.05) is 6.04 Å². The molecule has 0 amide bonds. The van der Waals surface area contributed by atoms with Gasteiger partial charge in [0.15, 0.2) is 0 Å². The summed E-state index contributed by atoms with van der Waals surface area (Å²) in [7, 11) is 0. The second-order valence-electron chi connectivity index (χ2n) is 3.31. The van der Waals surface area contributed by atoms with Gasteiger partial charge in [-0.1, -0.05) is 13.3 Å². The molecule has 2 N–H and O–H groups in total. The summed E-state index contributed by atoms with van der Waals surface area (Å²) in [6, 6.07) is 0.260. The summed E-state index contributed by atoms with van der Waals surface area (Å²) in [5, 5.41) is 0. The Bertz CT molecular complexity index is 173. The fourth-order valence-corrected chi connectivity index (χ4v) is 1.56. The highest BCUT2D eigenvalue weighted by atomic mass is 16.5. The van der Waals surface area contributed by atoms with Crippen molar-refractivity contribution in [2.24, 2.45) is 0 Å². The zero-order valence-electron chi connectivity index (χ0n) is 8.30. The molecule has 1 saturated heterocycles. The van der Waals surface area contributed by atoms with Crippen LogP contribution >= 0.6 is 0 Å². The van der Waals surface area contributed by atoms with Gasteiger partial charge >= 0.3 is 5.97 Å². The predicted molar refractivity (Wildman–Crippen MR) is 50.0 cm³/mol. The largest absolute Gasteiger partial charge is 0.465 e. The molecule has 0 radical (unpaired) electrons. The van der Waals surface area contributed by atoms with Gasteiger partial charge in [-0.25, -0.2) is 5.43 Å². The van der Waals surface area contributed by atoms with Crippen LogP contribution in [0.1, 0.15) is 33.1 Å². The predicted octanol–water partition coefficient (Wildman–Crippen LogP) is 0.585. The average molecular weight is 186 g/mol. The van der Waals surface area contributed by atoms with E-state index in [0.29, 0.717) is 12.6 Å². The lowest BCUT2D eigenvalue weighted by atomic mass is 10.1. The van der Waals surface area contributed by atoms with Crippen LogP contribution in [0.4, 0.5) is 0 Å². The van der Waals surface area contributed by atoms with Gasteiger partial charge in [-0.2, -0.15) is 0 Å². The first kappa shape index (κ1) is 10.5. The SMILES string of the molecule is CCCC1CC(C(=O)OCC)NN1. The number of hydrazine groups is 1. The van der Waals surface area contributed by atoms with Crippen molar-refractivity contribution >= 4 is 5.97 Å². The van der Waals surface area contributed by atoms with E-state index in [0.717, 1.165) is 19.3 Å². The van der Waals surface area contributed by atoms with Gasteiger partial charge in [0.1, 0.15) is 6.04 Å². The molecule has 0 aromatic rings. The van der Waals surface area contributed by atoms with E-state index in [1.54, 1.807) is 0 Å². The molecule has 0 aliphatic carbocycles. The molecule has 4 heteroatoms. The summed E-state index contributed by atoms with van der Waals surface area (Å²) in [6.45, 7) is 4.42. The molecule has 0 bridgehead atoms. The molecule has 1 aliphatic rings. The third-order valence-corrected chi connectivity index (χ3v) is 2.19. The summed E-state index contributed by atoms with van der Waals surface area (Å²) < 4.78 is 4.91. The fourth-order valence-electron chi connectivity index (χ4n) is 1.56. The van der Waals surface area contributed by atoms with Gasteiger partial charge in [-0.15, -0.1) is 0 Å². The normalized spacial score (nSPS) is 27.5. The quantitative estimate of drug-likeness (QED) is 0.631. The number of nitrogens with one attached hydrogen (secondary N) is 2. The number of esters is 1. The summed E-state index contributed by atoms with van der Waals surface area (Å²) >= 11 is 0. The summed E-state index contributed by atoms with van der Waals surface area (Å²) in [5.74, 6) is -0.145. The molecule has 1 fully saturated rings. The Morgan fingerprint density at radius 2 is 2.23 bits per heavy atom. The molecule has 76 valence electrons. The van der Waals surface area contributed by atoms with Crippen LogP contribution in [-0.4, -0.2) is 24.7 Å². The van der Waals surface area contributed by atoms with Crippen LogP contribution in [0.25, 0.3) is 0 Å². The monoisotopic (exact) mass is 186 g/mol. The van der Waals surface area contributed by atoms with Crippen LogP contribution in [-0.2, 0) is 9.53 Å². The molecule has 1 rings (SSSR count). The van der Waals surface area contributed by atoms with Gasteiger partial charge in [0.05, 0.1) is 6.61 Å². The van der Waals surface area contributed by atoms with Crippen LogP contribution in [0.2, 0.25) is 0 Å². The lowest BCUT2D eigenvalue weighted by Gasteiger charge is -2.07. The summed E-state index contributed by atoms with van der Waals surface area (Å²) in [6.07, 6.45) is 3.07. The highest BCUT2D eigenvalue weighted by Gasteiger charge is 2.29. The van der Waals surface area contributed by atoms with Crippen molar-refractivity contribution in [1.29, 1.82) is 0 Å². The minimum absolute atomic E-state index is 0.145.